The minimum Gasteiger partial charge on any atom is -0.457 e. The van der Waals surface area contributed by atoms with Gasteiger partial charge in [0.15, 0.2) is 0 Å². The maximum atomic E-state index is 12.1. The van der Waals surface area contributed by atoms with Gasteiger partial charge >= 0.3 is 0 Å². The number of benzene rings is 2. The zero-order valence-corrected chi connectivity index (χ0v) is 14.6. The number of ether oxygens (including phenoxy) is 1. The summed E-state index contributed by atoms with van der Waals surface area (Å²) in [4.78, 5) is 12.1. The van der Waals surface area contributed by atoms with Crippen molar-refractivity contribution in [2.75, 3.05) is 6.54 Å². The summed E-state index contributed by atoms with van der Waals surface area (Å²) in [5.41, 5.74) is 2.11. The number of nitrogens with one attached hydrogen (secondary N) is 2. The minimum atomic E-state index is -0.0565. The molecule has 0 radical (unpaired) electrons. The molecule has 4 nitrogen and oxygen atoms in total. The van der Waals surface area contributed by atoms with E-state index in [1.165, 1.54) is 0 Å². The molecule has 1 heterocycles. The summed E-state index contributed by atoms with van der Waals surface area (Å²) in [6.45, 7) is 3.42. The molecule has 1 amide bonds. The smallest absolute Gasteiger partial charge is 0.237 e. The first-order valence-electron chi connectivity index (χ1n) is 8.06. The summed E-state index contributed by atoms with van der Waals surface area (Å²) < 4.78 is 5.98. The number of hydrogen-bond donors (Lipinski definition) is 2. The molecule has 3 rings (SSSR count). The second kappa shape index (κ2) is 8.71. The van der Waals surface area contributed by atoms with Crippen LogP contribution < -0.4 is 15.4 Å². The molecular formula is C19H23ClN2O2. The average Bonchev–Trinajstić information content (AvgIpc) is 3.09. The maximum absolute atomic E-state index is 12.1. The summed E-state index contributed by atoms with van der Waals surface area (Å²) in [7, 11) is 0. The van der Waals surface area contributed by atoms with Gasteiger partial charge in [-0.3, -0.25) is 4.79 Å². The van der Waals surface area contributed by atoms with Crippen molar-refractivity contribution in [1.29, 1.82) is 0 Å². The number of hydrogen-bond acceptors (Lipinski definition) is 3. The fraction of sp³-hybridized carbons (Fsp3) is 0.316. The topological polar surface area (TPSA) is 50.4 Å². The van der Waals surface area contributed by atoms with E-state index in [2.05, 4.69) is 10.6 Å². The Hall–Kier alpha value is -2.04. The van der Waals surface area contributed by atoms with Crippen LogP contribution in [0, 0.1) is 6.92 Å². The van der Waals surface area contributed by atoms with E-state index in [0.29, 0.717) is 6.54 Å². The average molecular weight is 347 g/mol. The molecular weight excluding hydrogens is 324 g/mol. The van der Waals surface area contributed by atoms with E-state index in [9.17, 15) is 4.79 Å². The van der Waals surface area contributed by atoms with Crippen LogP contribution in [0.3, 0.4) is 0 Å². The monoisotopic (exact) mass is 346 g/mol. The van der Waals surface area contributed by atoms with Crippen molar-refractivity contribution in [2.24, 2.45) is 0 Å². The quantitative estimate of drug-likeness (QED) is 0.870. The summed E-state index contributed by atoms with van der Waals surface area (Å²) in [6.07, 6.45) is 1.97. The molecule has 1 atom stereocenters. The first-order chi connectivity index (χ1) is 11.2. The molecule has 128 valence electrons. The molecule has 2 N–H and O–H groups in total. The van der Waals surface area contributed by atoms with Crippen LogP contribution in [0.15, 0.2) is 48.5 Å². The number of amides is 1. The van der Waals surface area contributed by atoms with Crippen LogP contribution in [0.25, 0.3) is 0 Å². The van der Waals surface area contributed by atoms with Gasteiger partial charge in [-0.15, -0.1) is 12.4 Å². The zero-order chi connectivity index (χ0) is 16.1. The van der Waals surface area contributed by atoms with E-state index < -0.39 is 0 Å². The summed E-state index contributed by atoms with van der Waals surface area (Å²) in [5.74, 6) is 1.65. The highest BCUT2D eigenvalue weighted by Gasteiger charge is 2.21. The minimum absolute atomic E-state index is 0. The van der Waals surface area contributed by atoms with Crippen molar-refractivity contribution in [3.63, 3.8) is 0 Å². The molecule has 1 aliphatic heterocycles. The lowest BCUT2D eigenvalue weighted by atomic mass is 10.1. The maximum Gasteiger partial charge on any atom is 0.237 e. The molecule has 1 unspecified atom stereocenters. The van der Waals surface area contributed by atoms with E-state index in [1.54, 1.807) is 0 Å². The van der Waals surface area contributed by atoms with Crippen LogP contribution in [0.4, 0.5) is 0 Å². The lowest BCUT2D eigenvalue weighted by Crippen LogP contribution is -2.40. The Morgan fingerprint density at radius 3 is 2.75 bits per heavy atom. The van der Waals surface area contributed by atoms with E-state index in [0.717, 1.165) is 42.0 Å². The predicted octanol–water partition coefficient (Wildman–Crippen LogP) is 3.58. The molecule has 2 aromatic rings. The molecule has 0 aromatic heterocycles. The molecule has 0 bridgehead atoms. The first-order valence-corrected chi connectivity index (χ1v) is 8.06. The Labute approximate surface area is 149 Å². The van der Waals surface area contributed by atoms with E-state index >= 15 is 0 Å². The Balaban J connectivity index is 0.00000208. The van der Waals surface area contributed by atoms with E-state index in [4.69, 9.17) is 4.74 Å². The fourth-order valence-electron chi connectivity index (χ4n) is 2.73. The highest BCUT2D eigenvalue weighted by Crippen LogP contribution is 2.26. The fourth-order valence-corrected chi connectivity index (χ4v) is 2.73. The van der Waals surface area contributed by atoms with Crippen LogP contribution >= 0.6 is 12.4 Å². The highest BCUT2D eigenvalue weighted by molar-refractivity contribution is 5.85. The van der Waals surface area contributed by atoms with Crippen molar-refractivity contribution < 1.29 is 9.53 Å². The second-order valence-electron chi connectivity index (χ2n) is 5.89. The van der Waals surface area contributed by atoms with Gasteiger partial charge in [-0.2, -0.15) is 0 Å². The third-order valence-electron chi connectivity index (χ3n) is 4.02. The molecule has 1 fully saturated rings. The number of para-hydroxylation sites is 1. The SMILES string of the molecule is Cc1ccc(CNC(=O)C2CCCN2)c(Oc2ccccc2)c1.Cl. The molecule has 0 aliphatic carbocycles. The summed E-state index contributed by atoms with van der Waals surface area (Å²) in [5, 5.41) is 6.22. The van der Waals surface area contributed by atoms with E-state index in [-0.39, 0.29) is 24.4 Å². The zero-order valence-electron chi connectivity index (χ0n) is 13.7. The summed E-state index contributed by atoms with van der Waals surface area (Å²) >= 11 is 0. The van der Waals surface area contributed by atoms with Crippen molar-refractivity contribution in [2.45, 2.75) is 32.4 Å². The highest BCUT2D eigenvalue weighted by atomic mass is 35.5. The molecule has 1 aliphatic rings. The van der Waals surface area contributed by atoms with Crippen molar-refractivity contribution in [3.8, 4) is 11.5 Å². The van der Waals surface area contributed by atoms with E-state index in [1.807, 2.05) is 55.5 Å². The van der Waals surface area contributed by atoms with Gasteiger partial charge in [0, 0.05) is 12.1 Å². The molecule has 0 spiro atoms. The van der Waals surface area contributed by atoms with Crippen LogP contribution in [-0.2, 0) is 11.3 Å². The van der Waals surface area contributed by atoms with Crippen LogP contribution in [-0.4, -0.2) is 18.5 Å². The first kappa shape index (κ1) is 18.3. The third kappa shape index (κ3) is 4.73. The number of carbonyl (C=O) groups is 1. The molecule has 24 heavy (non-hydrogen) atoms. The Bertz CT molecular complexity index is 670. The Morgan fingerprint density at radius 2 is 2.04 bits per heavy atom. The van der Waals surface area contributed by atoms with Gasteiger partial charge in [-0.25, -0.2) is 0 Å². The lowest BCUT2D eigenvalue weighted by Gasteiger charge is -2.15. The van der Waals surface area contributed by atoms with Crippen molar-refractivity contribution in [3.05, 3.63) is 59.7 Å². The molecule has 1 saturated heterocycles. The lowest BCUT2D eigenvalue weighted by molar-refractivity contribution is -0.122. The number of halogens is 1. The third-order valence-corrected chi connectivity index (χ3v) is 4.02. The largest absolute Gasteiger partial charge is 0.457 e. The molecule has 2 aromatic carbocycles. The molecule has 5 heteroatoms. The Morgan fingerprint density at radius 1 is 1.25 bits per heavy atom. The van der Waals surface area contributed by atoms with Gasteiger partial charge in [0.05, 0.1) is 6.04 Å². The summed E-state index contributed by atoms with van der Waals surface area (Å²) in [6, 6.07) is 15.7. The normalized spacial score (nSPS) is 16.3. The van der Waals surface area contributed by atoms with Crippen molar-refractivity contribution in [1.82, 2.24) is 10.6 Å². The number of aryl methyl sites for hydroxylation is 1. The van der Waals surface area contributed by atoms with Gasteiger partial charge in [0.25, 0.3) is 0 Å². The molecule has 0 saturated carbocycles. The number of rotatable bonds is 5. The van der Waals surface area contributed by atoms with Crippen molar-refractivity contribution >= 4 is 18.3 Å². The van der Waals surface area contributed by atoms with Crippen LogP contribution in [0.2, 0.25) is 0 Å². The Kier molecular flexibility index (Phi) is 6.64. The standard InChI is InChI=1S/C19H22N2O2.ClH/c1-14-9-10-15(13-21-19(22)17-8-5-11-20-17)18(12-14)23-16-6-3-2-4-7-16;/h2-4,6-7,9-10,12,17,20H,5,8,11,13H2,1H3,(H,21,22);1H. The van der Waals surface area contributed by atoms with Crippen LogP contribution in [0.5, 0.6) is 11.5 Å². The predicted molar refractivity (Wildman–Crippen MR) is 97.8 cm³/mol. The van der Waals surface area contributed by atoms with Gasteiger partial charge in [0.1, 0.15) is 11.5 Å². The van der Waals surface area contributed by atoms with Gasteiger partial charge in [-0.05, 0) is 50.1 Å². The van der Waals surface area contributed by atoms with Gasteiger partial charge in [0.2, 0.25) is 5.91 Å². The number of carbonyl (C=O) groups excluding carboxylic acids is 1. The van der Waals surface area contributed by atoms with Gasteiger partial charge in [-0.1, -0.05) is 30.3 Å². The van der Waals surface area contributed by atoms with Gasteiger partial charge < -0.3 is 15.4 Å². The van der Waals surface area contributed by atoms with Crippen LogP contribution in [0.1, 0.15) is 24.0 Å². The second-order valence-corrected chi connectivity index (χ2v) is 5.89.